The number of primary amides is 1. The van der Waals surface area contributed by atoms with Crippen molar-refractivity contribution in [3.05, 3.63) is 35.4 Å². The number of benzene rings is 1. The van der Waals surface area contributed by atoms with E-state index in [1.807, 2.05) is 12.1 Å². The van der Waals surface area contributed by atoms with Crippen molar-refractivity contribution < 1.29 is 19.1 Å². The fourth-order valence-electron chi connectivity index (χ4n) is 1.62. The van der Waals surface area contributed by atoms with Gasteiger partial charge in [0.2, 0.25) is 0 Å². The number of amides is 1. The van der Waals surface area contributed by atoms with Crippen LogP contribution in [0.1, 0.15) is 5.56 Å². The van der Waals surface area contributed by atoms with E-state index in [2.05, 4.69) is 19.6 Å². The topological polar surface area (TPSA) is 78.6 Å². The van der Waals surface area contributed by atoms with E-state index >= 15 is 0 Å². The lowest BCUT2D eigenvalue weighted by Gasteiger charge is -2.16. The summed E-state index contributed by atoms with van der Waals surface area (Å²) in [6, 6.07) is 7.18. The summed E-state index contributed by atoms with van der Waals surface area (Å²) in [5.74, 6) is -0.432. The van der Waals surface area contributed by atoms with E-state index in [1.165, 1.54) is 13.2 Å². The van der Waals surface area contributed by atoms with Gasteiger partial charge in [-0.1, -0.05) is 31.8 Å². The largest absolute Gasteiger partial charge is 0.497 e. The molecule has 0 spiro atoms. The number of Topliss-reactive ketones (excluding diaryl/α,β-unsaturated/α-hetero) is 1. The highest BCUT2D eigenvalue weighted by molar-refractivity contribution is 6.76. The molecule has 0 heterocycles. The standard InChI is InChI=1S/C16H23NO4Si/c1-20-10-15(18)14(16(17)19)9-12-5-7-13(8-6-12)21-11-22(2,3)4/h5-9H,10-11H2,1-4H3,(H2,17,19)/b14-9+. The van der Waals surface area contributed by atoms with Gasteiger partial charge in [-0.3, -0.25) is 9.59 Å². The summed E-state index contributed by atoms with van der Waals surface area (Å²) in [6.45, 7) is 6.51. The molecule has 0 atom stereocenters. The van der Waals surface area contributed by atoms with Gasteiger partial charge in [0.05, 0.1) is 19.9 Å². The molecular weight excluding hydrogens is 298 g/mol. The summed E-state index contributed by atoms with van der Waals surface area (Å²) in [5.41, 5.74) is 5.87. The summed E-state index contributed by atoms with van der Waals surface area (Å²) < 4.78 is 10.5. The second kappa shape index (κ2) is 7.91. The minimum absolute atomic E-state index is 0.0717. The van der Waals surface area contributed by atoms with Gasteiger partial charge in [0.15, 0.2) is 5.78 Å². The molecule has 0 saturated carbocycles. The van der Waals surface area contributed by atoms with Crippen molar-refractivity contribution in [3.63, 3.8) is 0 Å². The number of rotatable bonds is 8. The molecule has 120 valence electrons. The van der Waals surface area contributed by atoms with E-state index < -0.39 is 19.8 Å². The maximum atomic E-state index is 11.8. The van der Waals surface area contributed by atoms with Crippen molar-refractivity contribution in [3.8, 4) is 5.75 Å². The third kappa shape index (κ3) is 6.24. The number of nitrogens with two attached hydrogens (primary N) is 1. The number of ether oxygens (including phenoxy) is 2. The molecule has 0 aromatic heterocycles. The number of carbonyl (C=O) groups is 2. The average Bonchev–Trinajstić information content (AvgIpc) is 2.42. The first kappa shape index (κ1) is 18.1. The molecule has 1 amide bonds. The van der Waals surface area contributed by atoms with Gasteiger partial charge in [-0.2, -0.15) is 0 Å². The molecule has 0 radical (unpaired) electrons. The normalized spacial score (nSPS) is 12.1. The molecule has 5 nitrogen and oxygen atoms in total. The maximum absolute atomic E-state index is 11.8. The van der Waals surface area contributed by atoms with E-state index in [9.17, 15) is 9.59 Å². The van der Waals surface area contributed by atoms with Crippen LogP contribution in [-0.2, 0) is 14.3 Å². The first-order valence-corrected chi connectivity index (χ1v) is 10.7. The fraction of sp³-hybridized carbons (Fsp3) is 0.375. The molecule has 1 aromatic rings. The first-order chi connectivity index (χ1) is 10.2. The zero-order valence-electron chi connectivity index (χ0n) is 13.5. The lowest BCUT2D eigenvalue weighted by Crippen LogP contribution is -2.29. The Balaban J connectivity index is 2.86. The quantitative estimate of drug-likeness (QED) is 0.344. The van der Waals surface area contributed by atoms with Gasteiger partial charge in [0, 0.05) is 7.11 Å². The number of hydrogen-bond donors (Lipinski definition) is 1. The third-order valence-corrected chi connectivity index (χ3v) is 3.71. The Morgan fingerprint density at radius 3 is 2.23 bits per heavy atom. The second-order valence-electron chi connectivity index (χ2n) is 6.20. The van der Waals surface area contributed by atoms with Crippen LogP contribution in [0.2, 0.25) is 19.6 Å². The van der Waals surface area contributed by atoms with Crippen molar-refractivity contribution in [1.82, 2.24) is 0 Å². The van der Waals surface area contributed by atoms with Crippen molar-refractivity contribution in [2.75, 3.05) is 19.9 Å². The van der Waals surface area contributed by atoms with Gasteiger partial charge in [-0.25, -0.2) is 0 Å². The van der Waals surface area contributed by atoms with Gasteiger partial charge >= 0.3 is 0 Å². The Morgan fingerprint density at radius 2 is 1.77 bits per heavy atom. The number of carbonyl (C=O) groups excluding carboxylic acids is 2. The van der Waals surface area contributed by atoms with Crippen LogP contribution in [-0.4, -0.2) is 39.7 Å². The third-order valence-electron chi connectivity index (χ3n) is 2.70. The van der Waals surface area contributed by atoms with Gasteiger partial charge in [0.25, 0.3) is 5.91 Å². The highest BCUT2D eigenvalue weighted by Crippen LogP contribution is 2.16. The van der Waals surface area contributed by atoms with E-state index in [1.54, 1.807) is 12.1 Å². The van der Waals surface area contributed by atoms with Crippen LogP contribution in [0.15, 0.2) is 29.8 Å². The first-order valence-electron chi connectivity index (χ1n) is 6.99. The number of methoxy groups -OCH3 is 1. The van der Waals surface area contributed by atoms with Crippen LogP contribution in [0.4, 0.5) is 0 Å². The molecule has 0 aliphatic heterocycles. The molecule has 22 heavy (non-hydrogen) atoms. The monoisotopic (exact) mass is 321 g/mol. The molecule has 0 unspecified atom stereocenters. The number of hydrogen-bond acceptors (Lipinski definition) is 4. The lowest BCUT2D eigenvalue weighted by atomic mass is 10.1. The molecule has 0 bridgehead atoms. The highest BCUT2D eigenvalue weighted by Gasteiger charge is 2.16. The summed E-state index contributed by atoms with van der Waals surface area (Å²) in [4.78, 5) is 23.1. The summed E-state index contributed by atoms with van der Waals surface area (Å²) >= 11 is 0. The predicted octanol–water partition coefficient (Wildman–Crippen LogP) is 2.03. The number of ketones is 1. The minimum Gasteiger partial charge on any atom is -0.497 e. The predicted molar refractivity (Wildman–Crippen MR) is 89.3 cm³/mol. The van der Waals surface area contributed by atoms with E-state index in [-0.39, 0.29) is 12.2 Å². The zero-order chi connectivity index (χ0) is 16.8. The van der Waals surface area contributed by atoms with Crippen molar-refractivity contribution in [2.45, 2.75) is 19.6 Å². The molecule has 2 N–H and O–H groups in total. The molecule has 0 aliphatic carbocycles. The van der Waals surface area contributed by atoms with Crippen LogP contribution in [0.5, 0.6) is 5.75 Å². The fourth-order valence-corrected chi connectivity index (χ4v) is 2.22. The molecule has 0 fully saturated rings. The minimum atomic E-state index is -1.27. The Labute approximate surface area is 132 Å². The van der Waals surface area contributed by atoms with Crippen molar-refractivity contribution >= 4 is 25.8 Å². The average molecular weight is 321 g/mol. The maximum Gasteiger partial charge on any atom is 0.252 e. The van der Waals surface area contributed by atoms with Crippen molar-refractivity contribution in [2.24, 2.45) is 5.73 Å². The Bertz CT molecular complexity index is 559. The highest BCUT2D eigenvalue weighted by atomic mass is 28.3. The van der Waals surface area contributed by atoms with Crippen LogP contribution in [0.3, 0.4) is 0 Å². The molecular formula is C16H23NO4Si. The van der Waals surface area contributed by atoms with Crippen LogP contribution in [0.25, 0.3) is 6.08 Å². The van der Waals surface area contributed by atoms with Crippen LogP contribution in [0, 0.1) is 0 Å². The van der Waals surface area contributed by atoms with Crippen LogP contribution < -0.4 is 10.5 Å². The van der Waals surface area contributed by atoms with E-state index in [4.69, 9.17) is 15.2 Å². The summed E-state index contributed by atoms with van der Waals surface area (Å²) in [6.07, 6.45) is 2.20. The van der Waals surface area contributed by atoms with Gasteiger partial charge in [-0.05, 0) is 23.8 Å². The smallest absolute Gasteiger partial charge is 0.252 e. The molecule has 1 aromatic carbocycles. The van der Waals surface area contributed by atoms with Crippen molar-refractivity contribution in [1.29, 1.82) is 0 Å². The van der Waals surface area contributed by atoms with Gasteiger partial charge < -0.3 is 15.2 Å². The molecule has 0 aliphatic rings. The van der Waals surface area contributed by atoms with E-state index in [0.717, 1.165) is 12.0 Å². The van der Waals surface area contributed by atoms with Gasteiger partial charge in [-0.15, -0.1) is 0 Å². The SMILES string of the molecule is COCC(=O)/C(=C\c1ccc(OC[Si](C)(C)C)cc1)C(N)=O. The summed E-state index contributed by atoms with van der Waals surface area (Å²) in [7, 11) is 0.117. The Kier molecular flexibility index (Phi) is 6.52. The Hall–Kier alpha value is -1.92. The van der Waals surface area contributed by atoms with Crippen LogP contribution >= 0.6 is 0 Å². The zero-order valence-corrected chi connectivity index (χ0v) is 14.5. The van der Waals surface area contributed by atoms with Gasteiger partial charge in [0.1, 0.15) is 12.4 Å². The molecule has 1 rings (SSSR count). The molecule has 6 heteroatoms. The van der Waals surface area contributed by atoms with E-state index in [0.29, 0.717) is 5.56 Å². The Morgan fingerprint density at radius 1 is 1.18 bits per heavy atom. The molecule has 0 saturated heterocycles. The summed E-state index contributed by atoms with van der Waals surface area (Å²) in [5, 5.41) is 0. The second-order valence-corrected chi connectivity index (χ2v) is 11.6. The lowest BCUT2D eigenvalue weighted by molar-refractivity contribution is -0.123.